The third-order valence-corrected chi connectivity index (χ3v) is 6.20. The fourth-order valence-electron chi connectivity index (χ4n) is 4.27. The SMILES string of the molecule is CC(C)(C)OC(=O)N1CC(=O)CC2(CC2)C1.COC1=CC2(CC2)CN(C(=O)OC(C)(C)C)C1. The monoisotopic (exact) mass is 464 g/mol. The molecular weight excluding hydrogens is 424 g/mol. The molecule has 4 aliphatic rings. The Hall–Kier alpha value is -2.25. The van der Waals surface area contributed by atoms with Crippen molar-refractivity contribution < 1.29 is 28.6 Å². The molecule has 186 valence electrons. The molecule has 2 aliphatic carbocycles. The van der Waals surface area contributed by atoms with Crippen LogP contribution in [0.5, 0.6) is 0 Å². The molecule has 0 N–H and O–H groups in total. The summed E-state index contributed by atoms with van der Waals surface area (Å²) in [7, 11) is 1.65. The van der Waals surface area contributed by atoms with E-state index in [0.29, 0.717) is 19.5 Å². The van der Waals surface area contributed by atoms with E-state index in [4.69, 9.17) is 14.2 Å². The van der Waals surface area contributed by atoms with E-state index in [0.717, 1.165) is 38.0 Å². The van der Waals surface area contributed by atoms with Crippen LogP contribution in [0.15, 0.2) is 11.8 Å². The van der Waals surface area contributed by atoms with E-state index >= 15 is 0 Å². The molecule has 2 aliphatic heterocycles. The molecule has 0 radical (unpaired) electrons. The Kier molecular flexibility index (Phi) is 6.80. The zero-order valence-corrected chi connectivity index (χ0v) is 21.3. The van der Waals surface area contributed by atoms with Gasteiger partial charge in [-0.1, -0.05) is 0 Å². The Bertz CT molecular complexity index is 812. The number of hydrogen-bond donors (Lipinski definition) is 0. The van der Waals surface area contributed by atoms with E-state index in [2.05, 4.69) is 6.08 Å². The number of Topliss-reactive ketones (excluding diaryl/α,β-unsaturated/α-hetero) is 1. The van der Waals surface area contributed by atoms with Crippen LogP contribution in [0.1, 0.15) is 73.6 Å². The zero-order chi connectivity index (χ0) is 24.7. The van der Waals surface area contributed by atoms with Gasteiger partial charge in [0.05, 0.1) is 20.2 Å². The highest BCUT2D eigenvalue weighted by Gasteiger charge is 2.50. The minimum Gasteiger partial charge on any atom is -0.500 e. The predicted octanol–water partition coefficient (Wildman–Crippen LogP) is 4.52. The summed E-state index contributed by atoms with van der Waals surface area (Å²) < 4.78 is 16.0. The number of ketones is 1. The summed E-state index contributed by atoms with van der Waals surface area (Å²) in [5.74, 6) is 1.04. The van der Waals surface area contributed by atoms with Gasteiger partial charge < -0.3 is 19.1 Å². The van der Waals surface area contributed by atoms with Crippen LogP contribution in [-0.2, 0) is 19.0 Å². The Labute approximate surface area is 197 Å². The van der Waals surface area contributed by atoms with Crippen LogP contribution >= 0.6 is 0 Å². The summed E-state index contributed by atoms with van der Waals surface area (Å²) in [5.41, 5.74) is -0.663. The molecule has 0 aromatic rings. The number of likely N-dealkylation sites (tertiary alicyclic amines) is 1. The van der Waals surface area contributed by atoms with Crippen molar-refractivity contribution in [1.82, 2.24) is 9.80 Å². The average molecular weight is 465 g/mol. The number of hydrogen-bond acceptors (Lipinski definition) is 6. The molecule has 2 spiro atoms. The van der Waals surface area contributed by atoms with Gasteiger partial charge in [0.15, 0.2) is 5.78 Å². The molecule has 2 heterocycles. The van der Waals surface area contributed by atoms with Gasteiger partial charge in [0.25, 0.3) is 0 Å². The lowest BCUT2D eigenvalue weighted by molar-refractivity contribution is -0.124. The van der Waals surface area contributed by atoms with Gasteiger partial charge in [0.1, 0.15) is 17.0 Å². The Morgan fingerprint density at radius 3 is 1.79 bits per heavy atom. The van der Waals surface area contributed by atoms with E-state index in [1.807, 2.05) is 41.5 Å². The van der Waals surface area contributed by atoms with E-state index in [1.165, 1.54) is 0 Å². The molecule has 4 rings (SSSR count). The Balaban J connectivity index is 0.000000186. The van der Waals surface area contributed by atoms with Crippen LogP contribution in [0, 0.1) is 10.8 Å². The number of ether oxygens (including phenoxy) is 3. The van der Waals surface area contributed by atoms with Gasteiger partial charge in [-0.15, -0.1) is 0 Å². The minimum atomic E-state index is -0.492. The first kappa shape index (κ1) is 25.4. The molecular formula is C25H40N2O6. The number of carbonyl (C=O) groups excluding carboxylic acids is 3. The molecule has 1 saturated heterocycles. The van der Waals surface area contributed by atoms with Crippen LogP contribution in [0.25, 0.3) is 0 Å². The van der Waals surface area contributed by atoms with Gasteiger partial charge >= 0.3 is 12.2 Å². The number of carbonyl (C=O) groups is 3. The zero-order valence-electron chi connectivity index (χ0n) is 21.3. The first-order valence-corrected chi connectivity index (χ1v) is 11.9. The number of rotatable bonds is 1. The molecule has 0 bridgehead atoms. The van der Waals surface area contributed by atoms with Crippen molar-refractivity contribution in [2.45, 2.75) is 84.8 Å². The average Bonchev–Trinajstić information content (AvgIpc) is 3.58. The second kappa shape index (κ2) is 8.84. The molecule has 0 aromatic carbocycles. The van der Waals surface area contributed by atoms with Gasteiger partial charge in [-0.05, 0) is 78.7 Å². The molecule has 8 heteroatoms. The minimum absolute atomic E-state index is 0.103. The van der Waals surface area contributed by atoms with Gasteiger partial charge in [0.2, 0.25) is 0 Å². The molecule has 0 aromatic heterocycles. The highest BCUT2D eigenvalue weighted by atomic mass is 16.6. The van der Waals surface area contributed by atoms with Crippen LogP contribution < -0.4 is 0 Å². The van der Waals surface area contributed by atoms with Gasteiger partial charge in [-0.25, -0.2) is 9.59 Å². The summed E-state index contributed by atoms with van der Waals surface area (Å²) in [6.45, 7) is 13.3. The molecule has 3 fully saturated rings. The van der Waals surface area contributed by atoms with Gasteiger partial charge in [-0.3, -0.25) is 9.69 Å². The van der Waals surface area contributed by atoms with Crippen molar-refractivity contribution in [2.75, 3.05) is 33.3 Å². The first-order chi connectivity index (χ1) is 15.1. The fourth-order valence-corrected chi connectivity index (χ4v) is 4.27. The van der Waals surface area contributed by atoms with Gasteiger partial charge in [-0.2, -0.15) is 0 Å². The lowest BCUT2D eigenvalue weighted by Crippen LogP contribution is -2.47. The normalized spacial score (nSPS) is 22.8. The third-order valence-electron chi connectivity index (χ3n) is 6.20. The molecule has 33 heavy (non-hydrogen) atoms. The highest BCUT2D eigenvalue weighted by Crippen LogP contribution is 2.51. The van der Waals surface area contributed by atoms with Crippen LogP contribution in [0.3, 0.4) is 0 Å². The van der Waals surface area contributed by atoms with E-state index in [-0.39, 0.29) is 35.3 Å². The summed E-state index contributed by atoms with van der Waals surface area (Å²) in [4.78, 5) is 38.7. The van der Waals surface area contributed by atoms with Crippen LogP contribution in [0.2, 0.25) is 0 Å². The summed E-state index contributed by atoms with van der Waals surface area (Å²) in [6.07, 6.45) is 6.63. The van der Waals surface area contributed by atoms with Crippen molar-refractivity contribution in [3.8, 4) is 0 Å². The summed E-state index contributed by atoms with van der Waals surface area (Å²) in [6, 6.07) is 0. The molecule has 2 amide bonds. The number of piperidine rings is 1. The molecule has 0 unspecified atom stereocenters. The summed E-state index contributed by atoms with van der Waals surface area (Å²) in [5, 5.41) is 0. The maximum atomic E-state index is 12.0. The number of amides is 2. The summed E-state index contributed by atoms with van der Waals surface area (Å²) >= 11 is 0. The maximum absolute atomic E-state index is 12.0. The first-order valence-electron chi connectivity index (χ1n) is 11.9. The Morgan fingerprint density at radius 1 is 0.848 bits per heavy atom. The highest BCUT2D eigenvalue weighted by molar-refractivity contribution is 5.86. The van der Waals surface area contributed by atoms with Crippen molar-refractivity contribution in [3.63, 3.8) is 0 Å². The second-order valence-corrected chi connectivity index (χ2v) is 12.1. The van der Waals surface area contributed by atoms with Crippen molar-refractivity contribution in [3.05, 3.63) is 11.8 Å². The van der Waals surface area contributed by atoms with E-state index in [9.17, 15) is 14.4 Å². The van der Waals surface area contributed by atoms with Crippen molar-refractivity contribution >= 4 is 18.0 Å². The topological polar surface area (TPSA) is 85.4 Å². The third kappa shape index (κ3) is 7.37. The fraction of sp³-hybridized carbons (Fsp3) is 0.800. The molecule has 2 saturated carbocycles. The smallest absolute Gasteiger partial charge is 0.410 e. The Morgan fingerprint density at radius 2 is 1.36 bits per heavy atom. The lowest BCUT2D eigenvalue weighted by Gasteiger charge is -2.33. The standard InChI is InChI=1S/C13H21NO3.C12H19NO3/c1-12(2,3)17-11(15)14-8-10(16-4)7-13(9-14)5-6-13;1-11(2,3)16-10(15)13-7-9(14)6-12(8-13)4-5-12/h7H,5-6,8-9H2,1-4H3;4-8H2,1-3H3. The van der Waals surface area contributed by atoms with Crippen molar-refractivity contribution in [2.24, 2.45) is 10.8 Å². The van der Waals surface area contributed by atoms with E-state index in [1.54, 1.807) is 16.9 Å². The van der Waals surface area contributed by atoms with E-state index < -0.39 is 11.2 Å². The lowest BCUT2D eigenvalue weighted by atomic mass is 9.94. The number of methoxy groups -OCH3 is 1. The van der Waals surface area contributed by atoms with Crippen LogP contribution in [0.4, 0.5) is 9.59 Å². The number of nitrogens with zero attached hydrogens (tertiary/aromatic N) is 2. The van der Waals surface area contributed by atoms with Crippen LogP contribution in [-0.4, -0.2) is 72.3 Å². The molecule has 8 nitrogen and oxygen atoms in total. The largest absolute Gasteiger partial charge is 0.500 e. The predicted molar refractivity (Wildman–Crippen MR) is 124 cm³/mol. The van der Waals surface area contributed by atoms with Gasteiger partial charge in [0, 0.05) is 24.9 Å². The maximum Gasteiger partial charge on any atom is 0.410 e. The quantitative estimate of drug-likeness (QED) is 0.567. The molecule has 0 atom stereocenters. The second-order valence-electron chi connectivity index (χ2n) is 12.1. The van der Waals surface area contributed by atoms with Crippen molar-refractivity contribution in [1.29, 1.82) is 0 Å².